The van der Waals surface area contributed by atoms with Crippen molar-refractivity contribution in [3.05, 3.63) is 46.5 Å². The maximum Gasteiger partial charge on any atom is 0.417 e. The molecule has 2 rings (SSSR count). The fourth-order valence-electron chi connectivity index (χ4n) is 2.02. The van der Waals surface area contributed by atoms with E-state index in [9.17, 15) is 13.2 Å². The fourth-order valence-corrected chi connectivity index (χ4v) is 2.02. The van der Waals surface area contributed by atoms with E-state index >= 15 is 0 Å². The summed E-state index contributed by atoms with van der Waals surface area (Å²) in [6, 6.07) is 6.42. The second-order valence-electron chi connectivity index (χ2n) is 4.47. The summed E-state index contributed by atoms with van der Waals surface area (Å²) in [5.41, 5.74) is 1.98. The third-order valence-electron chi connectivity index (χ3n) is 3.02. The highest BCUT2D eigenvalue weighted by Crippen LogP contribution is 2.36. The van der Waals surface area contributed by atoms with Crippen LogP contribution in [0.15, 0.2) is 24.3 Å². The van der Waals surface area contributed by atoms with Crippen molar-refractivity contribution < 1.29 is 13.2 Å². The van der Waals surface area contributed by atoms with Crippen LogP contribution in [-0.2, 0) is 6.18 Å². The summed E-state index contributed by atoms with van der Waals surface area (Å²) in [6.07, 6.45) is -4.30. The molecule has 0 aliphatic rings. The van der Waals surface area contributed by atoms with Crippen LogP contribution in [0.3, 0.4) is 0 Å². The molecule has 3 heteroatoms. The lowest BCUT2D eigenvalue weighted by Crippen LogP contribution is -2.06. The maximum absolute atomic E-state index is 12.9. The number of rotatable bonds is 0. The van der Waals surface area contributed by atoms with E-state index in [1.165, 1.54) is 6.07 Å². The Labute approximate surface area is 98.1 Å². The molecule has 2 aromatic rings. The molecule has 0 heterocycles. The number of fused-ring (bicyclic) bond motifs is 1. The minimum atomic E-state index is -4.30. The molecule has 0 saturated carbocycles. The highest BCUT2D eigenvalue weighted by Gasteiger charge is 2.32. The Kier molecular flexibility index (Phi) is 2.64. The van der Waals surface area contributed by atoms with Crippen LogP contribution >= 0.6 is 0 Å². The molecular formula is C14H13F3. The molecule has 0 aliphatic heterocycles. The molecule has 0 radical (unpaired) electrons. The Hall–Kier alpha value is -1.51. The van der Waals surface area contributed by atoms with Gasteiger partial charge in [-0.1, -0.05) is 18.2 Å². The van der Waals surface area contributed by atoms with Crippen LogP contribution < -0.4 is 0 Å². The lowest BCUT2D eigenvalue weighted by molar-refractivity contribution is -0.136. The molecule has 0 bridgehead atoms. The lowest BCUT2D eigenvalue weighted by Gasteiger charge is -2.13. The Morgan fingerprint density at radius 1 is 0.824 bits per heavy atom. The second-order valence-corrected chi connectivity index (χ2v) is 4.47. The number of benzene rings is 2. The van der Waals surface area contributed by atoms with E-state index in [-0.39, 0.29) is 5.39 Å². The van der Waals surface area contributed by atoms with E-state index in [0.717, 1.165) is 11.1 Å². The van der Waals surface area contributed by atoms with Crippen molar-refractivity contribution in [2.75, 3.05) is 0 Å². The Morgan fingerprint density at radius 2 is 1.41 bits per heavy atom. The first-order chi connectivity index (χ1) is 7.79. The topological polar surface area (TPSA) is 0 Å². The third kappa shape index (κ3) is 2.14. The SMILES string of the molecule is Cc1cc(C(F)(F)F)c2cc(C)c(C)cc2c1. The smallest absolute Gasteiger partial charge is 0.166 e. The summed E-state index contributed by atoms with van der Waals surface area (Å²) in [6.45, 7) is 5.42. The van der Waals surface area contributed by atoms with Gasteiger partial charge >= 0.3 is 6.18 Å². The van der Waals surface area contributed by atoms with Gasteiger partial charge in [-0.2, -0.15) is 13.2 Å². The van der Waals surface area contributed by atoms with Gasteiger partial charge in [-0.15, -0.1) is 0 Å². The minimum absolute atomic E-state index is 0.284. The monoisotopic (exact) mass is 238 g/mol. The van der Waals surface area contributed by atoms with Gasteiger partial charge in [-0.3, -0.25) is 0 Å². The summed E-state index contributed by atoms with van der Waals surface area (Å²) < 4.78 is 38.8. The largest absolute Gasteiger partial charge is 0.417 e. The van der Waals surface area contributed by atoms with Gasteiger partial charge in [-0.25, -0.2) is 0 Å². The number of aryl methyl sites for hydroxylation is 3. The molecule has 0 unspecified atom stereocenters. The zero-order valence-electron chi connectivity index (χ0n) is 9.94. The van der Waals surface area contributed by atoms with Gasteiger partial charge in [0.2, 0.25) is 0 Å². The normalized spacial score (nSPS) is 12.1. The Bertz CT molecular complexity index is 580. The van der Waals surface area contributed by atoms with E-state index in [0.29, 0.717) is 10.9 Å². The van der Waals surface area contributed by atoms with Crippen LogP contribution in [0.4, 0.5) is 13.2 Å². The predicted molar refractivity (Wildman–Crippen MR) is 63.2 cm³/mol. The average molecular weight is 238 g/mol. The molecule has 90 valence electrons. The van der Waals surface area contributed by atoms with Crippen molar-refractivity contribution in [1.82, 2.24) is 0 Å². The summed E-state index contributed by atoms with van der Waals surface area (Å²) in [4.78, 5) is 0. The van der Waals surface area contributed by atoms with Gasteiger partial charge in [0.05, 0.1) is 5.56 Å². The van der Waals surface area contributed by atoms with Crippen LogP contribution in [0.5, 0.6) is 0 Å². The van der Waals surface area contributed by atoms with Gasteiger partial charge in [0.1, 0.15) is 0 Å². The number of hydrogen-bond acceptors (Lipinski definition) is 0. The molecule has 17 heavy (non-hydrogen) atoms. The summed E-state index contributed by atoms with van der Waals surface area (Å²) in [7, 11) is 0. The molecule has 0 saturated heterocycles. The van der Waals surface area contributed by atoms with Gasteiger partial charge in [-0.05, 0) is 54.3 Å². The van der Waals surface area contributed by atoms with Crippen molar-refractivity contribution in [2.24, 2.45) is 0 Å². The molecule has 2 aromatic carbocycles. The zero-order chi connectivity index (χ0) is 12.8. The molecule has 0 aliphatic carbocycles. The first kappa shape index (κ1) is 12.0. The molecule has 0 aromatic heterocycles. The first-order valence-electron chi connectivity index (χ1n) is 5.38. The number of alkyl halides is 3. The summed E-state index contributed by atoms with van der Waals surface area (Å²) >= 11 is 0. The zero-order valence-corrected chi connectivity index (χ0v) is 9.94. The van der Waals surface area contributed by atoms with Crippen molar-refractivity contribution in [2.45, 2.75) is 26.9 Å². The van der Waals surface area contributed by atoms with Crippen molar-refractivity contribution >= 4 is 10.8 Å². The average Bonchev–Trinajstić information content (AvgIpc) is 2.18. The first-order valence-corrected chi connectivity index (χ1v) is 5.38. The van der Waals surface area contributed by atoms with Gasteiger partial charge in [0, 0.05) is 0 Å². The highest BCUT2D eigenvalue weighted by atomic mass is 19.4. The number of halogens is 3. The van der Waals surface area contributed by atoms with Crippen molar-refractivity contribution in [3.63, 3.8) is 0 Å². The summed E-state index contributed by atoms with van der Waals surface area (Å²) in [5, 5.41) is 0.937. The van der Waals surface area contributed by atoms with E-state index in [1.54, 1.807) is 19.1 Å². The van der Waals surface area contributed by atoms with Crippen molar-refractivity contribution in [1.29, 1.82) is 0 Å². The van der Waals surface area contributed by atoms with E-state index < -0.39 is 11.7 Å². The predicted octanol–water partition coefficient (Wildman–Crippen LogP) is 4.78. The molecule has 0 fully saturated rings. The highest BCUT2D eigenvalue weighted by molar-refractivity contribution is 5.88. The molecule has 0 N–H and O–H groups in total. The molecule has 0 spiro atoms. The van der Waals surface area contributed by atoms with Crippen LogP contribution in [-0.4, -0.2) is 0 Å². The van der Waals surface area contributed by atoms with Crippen LogP contribution in [0.1, 0.15) is 22.3 Å². The van der Waals surface area contributed by atoms with Gasteiger partial charge < -0.3 is 0 Å². The Morgan fingerprint density at radius 3 is 2.00 bits per heavy atom. The van der Waals surface area contributed by atoms with E-state index in [1.807, 2.05) is 19.9 Å². The standard InChI is InChI=1S/C14H13F3/c1-8-4-11-6-9(2)10(3)7-12(11)13(5-8)14(15,16)17/h4-7H,1-3H3. The number of hydrogen-bond donors (Lipinski definition) is 0. The molecular weight excluding hydrogens is 225 g/mol. The summed E-state index contributed by atoms with van der Waals surface area (Å²) in [5.74, 6) is 0. The molecule has 0 amide bonds. The van der Waals surface area contributed by atoms with E-state index in [2.05, 4.69) is 0 Å². The molecule has 0 nitrogen and oxygen atoms in total. The maximum atomic E-state index is 12.9. The quantitative estimate of drug-likeness (QED) is 0.619. The van der Waals surface area contributed by atoms with Gasteiger partial charge in [0.15, 0.2) is 0 Å². The van der Waals surface area contributed by atoms with Crippen LogP contribution in [0.2, 0.25) is 0 Å². The van der Waals surface area contributed by atoms with Crippen LogP contribution in [0.25, 0.3) is 10.8 Å². The third-order valence-corrected chi connectivity index (χ3v) is 3.02. The van der Waals surface area contributed by atoms with Gasteiger partial charge in [0.25, 0.3) is 0 Å². The lowest BCUT2D eigenvalue weighted by atomic mass is 9.96. The van der Waals surface area contributed by atoms with Crippen LogP contribution in [0, 0.1) is 20.8 Å². The minimum Gasteiger partial charge on any atom is -0.166 e. The molecule has 0 atom stereocenters. The Balaban J connectivity index is 2.88. The van der Waals surface area contributed by atoms with Crippen molar-refractivity contribution in [3.8, 4) is 0 Å². The second kappa shape index (κ2) is 3.76. The van der Waals surface area contributed by atoms with E-state index in [4.69, 9.17) is 0 Å². The fraction of sp³-hybridized carbons (Fsp3) is 0.286.